The number of ether oxygens (including phenoxy) is 1. The lowest BCUT2D eigenvalue weighted by atomic mass is 10.0. The maximum Gasteiger partial charge on any atom is 0.0814 e. The van der Waals surface area contributed by atoms with Crippen molar-refractivity contribution in [1.29, 1.82) is 0 Å². The van der Waals surface area contributed by atoms with Gasteiger partial charge in [-0.1, -0.05) is 57.0 Å². The Kier molecular flexibility index (Phi) is 5.00. The van der Waals surface area contributed by atoms with Crippen LogP contribution in [0.3, 0.4) is 0 Å². The molecule has 0 heterocycles. The molecule has 2 nitrogen and oxygen atoms in total. The number of hydrogen-bond acceptors (Lipinski definition) is 2. The zero-order chi connectivity index (χ0) is 13.7. The van der Waals surface area contributed by atoms with Gasteiger partial charge in [0, 0.05) is 12.6 Å². The summed E-state index contributed by atoms with van der Waals surface area (Å²) >= 11 is 0. The van der Waals surface area contributed by atoms with Crippen LogP contribution in [0.4, 0.5) is 0 Å². The first-order chi connectivity index (χ1) is 9.11. The molecule has 1 saturated carbocycles. The number of benzene rings is 1. The van der Waals surface area contributed by atoms with Crippen molar-refractivity contribution in [3.8, 4) is 0 Å². The summed E-state index contributed by atoms with van der Waals surface area (Å²) in [6.45, 7) is 7.54. The van der Waals surface area contributed by atoms with Crippen LogP contribution < -0.4 is 5.32 Å². The van der Waals surface area contributed by atoms with Crippen molar-refractivity contribution in [2.75, 3.05) is 6.54 Å². The van der Waals surface area contributed by atoms with E-state index in [1.807, 2.05) is 0 Å². The molecule has 1 aliphatic rings. The SMILES string of the molecule is CC(C)NCC1(OC(C)c2ccccc2)CCCC1. The second-order valence-corrected chi connectivity index (χ2v) is 6.10. The topological polar surface area (TPSA) is 21.3 Å². The Labute approximate surface area is 117 Å². The molecule has 2 rings (SSSR count). The van der Waals surface area contributed by atoms with Crippen LogP contribution in [0.2, 0.25) is 0 Å². The summed E-state index contributed by atoms with van der Waals surface area (Å²) in [6.07, 6.45) is 5.13. The van der Waals surface area contributed by atoms with Gasteiger partial charge in [-0.05, 0) is 25.3 Å². The molecule has 1 aromatic carbocycles. The molecular formula is C17H27NO. The van der Waals surface area contributed by atoms with Crippen LogP contribution in [0.15, 0.2) is 30.3 Å². The molecule has 0 saturated heterocycles. The van der Waals surface area contributed by atoms with E-state index in [0.29, 0.717) is 6.04 Å². The van der Waals surface area contributed by atoms with E-state index in [4.69, 9.17) is 4.74 Å². The fourth-order valence-corrected chi connectivity index (χ4v) is 2.91. The van der Waals surface area contributed by atoms with E-state index < -0.39 is 0 Å². The van der Waals surface area contributed by atoms with Gasteiger partial charge in [0.25, 0.3) is 0 Å². The van der Waals surface area contributed by atoms with Crippen molar-refractivity contribution in [2.24, 2.45) is 0 Å². The first-order valence-electron chi connectivity index (χ1n) is 7.57. The lowest BCUT2D eigenvalue weighted by Gasteiger charge is -2.34. The van der Waals surface area contributed by atoms with Gasteiger partial charge in [0.1, 0.15) is 0 Å². The third kappa shape index (κ3) is 4.05. The van der Waals surface area contributed by atoms with Crippen molar-refractivity contribution < 1.29 is 4.74 Å². The van der Waals surface area contributed by atoms with Gasteiger partial charge in [-0.15, -0.1) is 0 Å². The lowest BCUT2D eigenvalue weighted by Crippen LogP contribution is -2.43. The highest BCUT2D eigenvalue weighted by Crippen LogP contribution is 2.37. The quantitative estimate of drug-likeness (QED) is 0.833. The Morgan fingerprint density at radius 2 is 1.74 bits per heavy atom. The molecule has 1 atom stereocenters. The molecule has 0 amide bonds. The van der Waals surface area contributed by atoms with Gasteiger partial charge in [-0.3, -0.25) is 0 Å². The molecule has 19 heavy (non-hydrogen) atoms. The molecule has 0 spiro atoms. The Bertz CT molecular complexity index is 368. The molecule has 1 fully saturated rings. The zero-order valence-corrected chi connectivity index (χ0v) is 12.5. The minimum atomic E-state index is 0.0412. The molecule has 1 aromatic rings. The molecule has 2 heteroatoms. The Morgan fingerprint density at radius 1 is 1.11 bits per heavy atom. The Balaban J connectivity index is 2.00. The van der Waals surface area contributed by atoms with Crippen LogP contribution in [-0.2, 0) is 4.74 Å². The fraction of sp³-hybridized carbons (Fsp3) is 0.647. The van der Waals surface area contributed by atoms with Gasteiger partial charge in [0.05, 0.1) is 11.7 Å². The normalized spacial score (nSPS) is 19.8. The highest BCUT2D eigenvalue weighted by Gasteiger charge is 2.36. The molecular weight excluding hydrogens is 234 g/mol. The van der Waals surface area contributed by atoms with E-state index in [1.54, 1.807) is 0 Å². The van der Waals surface area contributed by atoms with Crippen molar-refractivity contribution in [2.45, 2.75) is 64.2 Å². The van der Waals surface area contributed by atoms with E-state index >= 15 is 0 Å². The van der Waals surface area contributed by atoms with E-state index in [2.05, 4.69) is 56.4 Å². The van der Waals surface area contributed by atoms with Crippen molar-refractivity contribution >= 4 is 0 Å². The maximum atomic E-state index is 6.47. The molecule has 106 valence electrons. The third-order valence-electron chi connectivity index (χ3n) is 4.04. The van der Waals surface area contributed by atoms with Crippen molar-refractivity contribution in [1.82, 2.24) is 5.32 Å². The standard InChI is InChI=1S/C17H27NO/c1-14(2)18-13-17(11-7-8-12-17)19-15(3)16-9-5-4-6-10-16/h4-6,9-10,14-15,18H,7-8,11-13H2,1-3H3. The second kappa shape index (κ2) is 6.53. The van der Waals surface area contributed by atoms with Gasteiger partial charge in [0.2, 0.25) is 0 Å². The maximum absolute atomic E-state index is 6.47. The van der Waals surface area contributed by atoms with E-state index in [1.165, 1.54) is 31.2 Å². The smallest absolute Gasteiger partial charge is 0.0814 e. The number of hydrogen-bond donors (Lipinski definition) is 1. The van der Waals surface area contributed by atoms with E-state index in [0.717, 1.165) is 6.54 Å². The van der Waals surface area contributed by atoms with Crippen molar-refractivity contribution in [3.63, 3.8) is 0 Å². The second-order valence-electron chi connectivity index (χ2n) is 6.10. The molecule has 1 aliphatic carbocycles. The highest BCUT2D eigenvalue weighted by atomic mass is 16.5. The van der Waals surface area contributed by atoms with Crippen LogP contribution in [0.1, 0.15) is 58.1 Å². The molecule has 0 radical (unpaired) electrons. The van der Waals surface area contributed by atoms with E-state index in [9.17, 15) is 0 Å². The zero-order valence-electron chi connectivity index (χ0n) is 12.5. The summed E-state index contributed by atoms with van der Waals surface area (Å²) in [5.74, 6) is 0. The molecule has 0 aromatic heterocycles. The minimum Gasteiger partial charge on any atom is -0.366 e. The van der Waals surface area contributed by atoms with Crippen LogP contribution in [0.5, 0.6) is 0 Å². The van der Waals surface area contributed by atoms with Crippen LogP contribution in [-0.4, -0.2) is 18.2 Å². The Hall–Kier alpha value is -0.860. The monoisotopic (exact) mass is 261 g/mol. The van der Waals surface area contributed by atoms with Crippen LogP contribution in [0, 0.1) is 0 Å². The molecule has 0 aliphatic heterocycles. The first kappa shape index (κ1) is 14.5. The Morgan fingerprint density at radius 3 is 2.32 bits per heavy atom. The molecule has 1 unspecified atom stereocenters. The average molecular weight is 261 g/mol. The fourth-order valence-electron chi connectivity index (χ4n) is 2.91. The average Bonchev–Trinajstić information content (AvgIpc) is 2.86. The van der Waals surface area contributed by atoms with Gasteiger partial charge in [-0.2, -0.15) is 0 Å². The molecule has 0 bridgehead atoms. The molecule has 1 N–H and O–H groups in total. The first-order valence-corrected chi connectivity index (χ1v) is 7.57. The number of nitrogens with one attached hydrogen (secondary N) is 1. The van der Waals surface area contributed by atoms with E-state index in [-0.39, 0.29) is 11.7 Å². The third-order valence-corrected chi connectivity index (χ3v) is 4.04. The van der Waals surface area contributed by atoms with Gasteiger partial charge in [0.15, 0.2) is 0 Å². The predicted octanol–water partition coefficient (Wildman–Crippen LogP) is 4.08. The summed E-state index contributed by atoms with van der Waals surface area (Å²) in [7, 11) is 0. The number of rotatable bonds is 6. The van der Waals surface area contributed by atoms with Gasteiger partial charge in [-0.25, -0.2) is 0 Å². The largest absolute Gasteiger partial charge is 0.366 e. The van der Waals surface area contributed by atoms with Crippen LogP contribution in [0.25, 0.3) is 0 Å². The summed E-state index contributed by atoms with van der Waals surface area (Å²) in [5, 5.41) is 3.56. The predicted molar refractivity (Wildman–Crippen MR) is 80.3 cm³/mol. The summed E-state index contributed by atoms with van der Waals surface area (Å²) in [5.41, 5.74) is 1.32. The summed E-state index contributed by atoms with van der Waals surface area (Å²) in [4.78, 5) is 0. The van der Waals surface area contributed by atoms with Crippen molar-refractivity contribution in [3.05, 3.63) is 35.9 Å². The van der Waals surface area contributed by atoms with Gasteiger partial charge >= 0.3 is 0 Å². The van der Waals surface area contributed by atoms with Gasteiger partial charge < -0.3 is 10.1 Å². The summed E-state index contributed by atoms with van der Waals surface area (Å²) in [6, 6.07) is 11.1. The van der Waals surface area contributed by atoms with Crippen LogP contribution >= 0.6 is 0 Å². The lowest BCUT2D eigenvalue weighted by molar-refractivity contribution is -0.0842. The summed E-state index contributed by atoms with van der Waals surface area (Å²) < 4.78 is 6.47. The minimum absolute atomic E-state index is 0.0412. The highest BCUT2D eigenvalue weighted by molar-refractivity contribution is 5.17.